The number of para-hydroxylation sites is 1. The van der Waals surface area contributed by atoms with Crippen LogP contribution in [0.3, 0.4) is 0 Å². The van der Waals surface area contributed by atoms with E-state index in [1.165, 1.54) is 0 Å². The lowest BCUT2D eigenvalue weighted by Gasteiger charge is -2.07. The van der Waals surface area contributed by atoms with E-state index in [2.05, 4.69) is 9.97 Å². The molecule has 138 valence electrons. The Hall–Kier alpha value is -3.93. The normalized spacial score (nSPS) is 10.6. The zero-order valence-corrected chi connectivity index (χ0v) is 15.0. The number of fused-ring (bicyclic) bond motifs is 1. The highest BCUT2D eigenvalue weighted by molar-refractivity contribution is 5.91. The Labute approximate surface area is 160 Å². The number of methoxy groups -OCH3 is 1. The van der Waals surface area contributed by atoms with E-state index < -0.39 is 5.97 Å². The van der Waals surface area contributed by atoms with Crippen molar-refractivity contribution >= 4 is 16.9 Å². The molecule has 0 fully saturated rings. The number of aromatic amines is 1. The molecule has 0 aliphatic heterocycles. The lowest BCUT2D eigenvalue weighted by molar-refractivity contribution is 0.0735. The second-order valence-electron chi connectivity index (χ2n) is 6.07. The first kappa shape index (κ1) is 17.5. The molecule has 1 heterocycles. The molecular weight excluding hydrogens is 356 g/mol. The zero-order chi connectivity index (χ0) is 19.5. The van der Waals surface area contributed by atoms with Crippen molar-refractivity contribution in [2.75, 3.05) is 7.11 Å². The number of rotatable bonds is 4. The molecule has 0 amide bonds. The molecule has 3 aromatic carbocycles. The fraction of sp³-hybridized carbons (Fsp3) is 0.0455. The largest absolute Gasteiger partial charge is 0.497 e. The van der Waals surface area contributed by atoms with Crippen LogP contribution in [0.5, 0.6) is 11.5 Å². The molecule has 0 radical (unpaired) electrons. The third-order valence-corrected chi connectivity index (χ3v) is 4.28. The van der Waals surface area contributed by atoms with Crippen LogP contribution < -0.4 is 15.0 Å². The Bertz CT molecular complexity index is 1200. The number of ether oxygens (including phenoxy) is 2. The number of H-pyrrole nitrogens is 1. The SMILES string of the molecule is COc1ccc(C(=O)Oc2ccc(-c3nc4ccccc4c(=O)[nH]3)cc2)cc1. The van der Waals surface area contributed by atoms with E-state index in [1.54, 1.807) is 73.8 Å². The van der Waals surface area contributed by atoms with Crippen molar-refractivity contribution in [1.82, 2.24) is 9.97 Å². The van der Waals surface area contributed by atoms with Gasteiger partial charge in [0.05, 0.1) is 23.6 Å². The van der Waals surface area contributed by atoms with Gasteiger partial charge < -0.3 is 14.5 Å². The number of carbonyl (C=O) groups excluding carboxylic acids is 1. The number of nitrogens with one attached hydrogen (secondary N) is 1. The molecule has 1 aromatic heterocycles. The molecule has 0 atom stereocenters. The Kier molecular flexibility index (Phi) is 4.60. The first-order valence-corrected chi connectivity index (χ1v) is 8.60. The molecular formula is C22H16N2O4. The first-order chi connectivity index (χ1) is 13.6. The van der Waals surface area contributed by atoms with Crippen molar-refractivity contribution in [2.24, 2.45) is 0 Å². The summed E-state index contributed by atoms with van der Waals surface area (Å²) in [6, 6.07) is 20.6. The summed E-state index contributed by atoms with van der Waals surface area (Å²) in [5.74, 6) is 1.05. The third-order valence-electron chi connectivity index (χ3n) is 4.28. The first-order valence-electron chi connectivity index (χ1n) is 8.60. The van der Waals surface area contributed by atoms with Crippen LogP contribution in [-0.4, -0.2) is 23.0 Å². The van der Waals surface area contributed by atoms with Gasteiger partial charge in [0.25, 0.3) is 5.56 Å². The minimum Gasteiger partial charge on any atom is -0.497 e. The number of benzene rings is 3. The van der Waals surface area contributed by atoms with Crippen LogP contribution in [0.4, 0.5) is 0 Å². The number of nitrogens with zero attached hydrogens (tertiary/aromatic N) is 1. The van der Waals surface area contributed by atoms with Crippen LogP contribution >= 0.6 is 0 Å². The molecule has 6 nitrogen and oxygen atoms in total. The molecule has 4 rings (SSSR count). The molecule has 6 heteroatoms. The summed E-state index contributed by atoms with van der Waals surface area (Å²) in [5, 5.41) is 0.538. The van der Waals surface area contributed by atoms with Gasteiger partial charge in [0.2, 0.25) is 0 Å². The molecule has 4 aromatic rings. The highest BCUT2D eigenvalue weighted by atomic mass is 16.5. The number of esters is 1. The summed E-state index contributed by atoms with van der Waals surface area (Å²) in [4.78, 5) is 31.7. The number of hydrogen-bond donors (Lipinski definition) is 1. The van der Waals surface area contributed by atoms with Crippen LogP contribution in [-0.2, 0) is 0 Å². The number of carbonyl (C=O) groups is 1. The van der Waals surface area contributed by atoms with Crippen molar-refractivity contribution in [3.63, 3.8) is 0 Å². The summed E-state index contributed by atoms with van der Waals surface area (Å²) in [6.07, 6.45) is 0. The van der Waals surface area contributed by atoms with Crippen LogP contribution in [0.15, 0.2) is 77.6 Å². The number of hydrogen-bond acceptors (Lipinski definition) is 5. The van der Waals surface area contributed by atoms with Crippen LogP contribution in [0, 0.1) is 0 Å². The van der Waals surface area contributed by atoms with Gasteiger partial charge in [0, 0.05) is 5.56 Å². The van der Waals surface area contributed by atoms with Crippen molar-refractivity contribution in [3.05, 3.63) is 88.7 Å². The van der Waals surface area contributed by atoms with E-state index >= 15 is 0 Å². The maximum Gasteiger partial charge on any atom is 0.343 e. The Morgan fingerprint density at radius 2 is 1.57 bits per heavy atom. The highest BCUT2D eigenvalue weighted by Gasteiger charge is 2.10. The molecule has 0 saturated heterocycles. The topological polar surface area (TPSA) is 81.3 Å². The molecule has 0 unspecified atom stereocenters. The van der Waals surface area contributed by atoms with Gasteiger partial charge in [-0.1, -0.05) is 12.1 Å². The highest BCUT2D eigenvalue weighted by Crippen LogP contribution is 2.21. The van der Waals surface area contributed by atoms with Crippen molar-refractivity contribution in [3.8, 4) is 22.9 Å². The minimum atomic E-state index is -0.465. The van der Waals surface area contributed by atoms with Gasteiger partial charge in [-0.25, -0.2) is 9.78 Å². The van der Waals surface area contributed by atoms with E-state index in [0.29, 0.717) is 39.4 Å². The lowest BCUT2D eigenvalue weighted by atomic mass is 10.2. The molecule has 0 aliphatic rings. The molecule has 0 spiro atoms. The Balaban J connectivity index is 1.55. The second kappa shape index (κ2) is 7.36. The predicted molar refractivity (Wildman–Crippen MR) is 106 cm³/mol. The van der Waals surface area contributed by atoms with E-state index in [0.717, 1.165) is 0 Å². The van der Waals surface area contributed by atoms with Gasteiger partial charge in [-0.15, -0.1) is 0 Å². The summed E-state index contributed by atoms with van der Waals surface area (Å²) >= 11 is 0. The lowest BCUT2D eigenvalue weighted by Crippen LogP contribution is -2.09. The van der Waals surface area contributed by atoms with Gasteiger partial charge in [0.1, 0.15) is 17.3 Å². The van der Waals surface area contributed by atoms with E-state index in [9.17, 15) is 9.59 Å². The van der Waals surface area contributed by atoms with Crippen LogP contribution in [0.2, 0.25) is 0 Å². The summed E-state index contributed by atoms with van der Waals surface area (Å²) in [7, 11) is 1.56. The van der Waals surface area contributed by atoms with Crippen molar-refractivity contribution < 1.29 is 14.3 Å². The minimum absolute atomic E-state index is 0.199. The summed E-state index contributed by atoms with van der Waals surface area (Å²) < 4.78 is 10.5. The molecule has 1 N–H and O–H groups in total. The average molecular weight is 372 g/mol. The predicted octanol–water partition coefficient (Wildman–Crippen LogP) is 3.82. The van der Waals surface area contributed by atoms with E-state index in [4.69, 9.17) is 9.47 Å². The maximum atomic E-state index is 12.2. The standard InChI is InChI=1S/C22H16N2O4/c1-27-16-10-8-15(9-11-16)22(26)28-17-12-6-14(7-13-17)20-23-19-5-3-2-4-18(19)21(25)24-20/h2-13H,1H3,(H,23,24,25). The maximum absolute atomic E-state index is 12.2. The van der Waals surface area contributed by atoms with Gasteiger partial charge in [-0.05, 0) is 60.7 Å². The Morgan fingerprint density at radius 1 is 0.893 bits per heavy atom. The van der Waals surface area contributed by atoms with Gasteiger partial charge in [0.15, 0.2) is 0 Å². The fourth-order valence-corrected chi connectivity index (χ4v) is 2.80. The molecule has 0 aliphatic carbocycles. The van der Waals surface area contributed by atoms with Crippen molar-refractivity contribution in [1.29, 1.82) is 0 Å². The molecule has 0 bridgehead atoms. The summed E-state index contributed by atoms with van der Waals surface area (Å²) in [6.45, 7) is 0. The van der Waals surface area contributed by atoms with Crippen molar-refractivity contribution in [2.45, 2.75) is 0 Å². The zero-order valence-electron chi connectivity index (χ0n) is 15.0. The van der Waals surface area contributed by atoms with Gasteiger partial charge in [-0.2, -0.15) is 0 Å². The van der Waals surface area contributed by atoms with Gasteiger partial charge in [-0.3, -0.25) is 4.79 Å². The van der Waals surface area contributed by atoms with E-state index in [-0.39, 0.29) is 5.56 Å². The second-order valence-corrected chi connectivity index (χ2v) is 6.07. The Morgan fingerprint density at radius 3 is 2.29 bits per heavy atom. The number of aromatic nitrogens is 2. The van der Waals surface area contributed by atoms with E-state index in [1.807, 2.05) is 6.07 Å². The average Bonchev–Trinajstić information content (AvgIpc) is 2.74. The third kappa shape index (κ3) is 3.48. The molecule has 28 heavy (non-hydrogen) atoms. The van der Waals surface area contributed by atoms with Crippen LogP contribution in [0.25, 0.3) is 22.3 Å². The quantitative estimate of drug-likeness (QED) is 0.435. The van der Waals surface area contributed by atoms with Gasteiger partial charge >= 0.3 is 5.97 Å². The molecule has 0 saturated carbocycles. The van der Waals surface area contributed by atoms with Crippen LogP contribution in [0.1, 0.15) is 10.4 Å². The summed E-state index contributed by atoms with van der Waals surface area (Å²) in [5.41, 5.74) is 1.56. The fourth-order valence-electron chi connectivity index (χ4n) is 2.80. The smallest absolute Gasteiger partial charge is 0.343 e. The monoisotopic (exact) mass is 372 g/mol.